The first-order valence-corrected chi connectivity index (χ1v) is 9.34. The van der Waals surface area contributed by atoms with Gasteiger partial charge < -0.3 is 14.6 Å². The lowest BCUT2D eigenvalue weighted by Crippen LogP contribution is -2.53. The van der Waals surface area contributed by atoms with Crippen molar-refractivity contribution in [3.8, 4) is 0 Å². The molecule has 8 nitrogen and oxygen atoms in total. The van der Waals surface area contributed by atoms with Gasteiger partial charge in [-0.2, -0.15) is 13.4 Å². The number of nitrogens with zero attached hydrogens (tertiary/aromatic N) is 2. The summed E-state index contributed by atoms with van der Waals surface area (Å²) in [5.74, 6) is -0.0987. The van der Waals surface area contributed by atoms with Gasteiger partial charge in [-0.25, -0.2) is 0 Å². The molecule has 0 spiro atoms. The molecule has 1 saturated heterocycles. The Morgan fingerprint density at radius 3 is 2.79 bits per heavy atom. The molecule has 1 atom stereocenters. The van der Waals surface area contributed by atoms with E-state index in [-0.39, 0.29) is 18.1 Å². The van der Waals surface area contributed by atoms with Crippen LogP contribution in [0.2, 0.25) is 0 Å². The van der Waals surface area contributed by atoms with Crippen molar-refractivity contribution in [2.75, 3.05) is 24.2 Å². The molecule has 0 aliphatic carbocycles. The van der Waals surface area contributed by atoms with Crippen LogP contribution in [0.25, 0.3) is 11.1 Å². The molecule has 2 aromatic rings. The normalized spacial score (nSPS) is 16.9. The first-order valence-electron chi connectivity index (χ1n) is 7.52. The third-order valence-electron chi connectivity index (χ3n) is 3.75. The van der Waals surface area contributed by atoms with Crippen molar-refractivity contribution in [3.05, 3.63) is 23.8 Å². The minimum atomic E-state index is -3.45. The highest BCUT2D eigenvalue weighted by atomic mass is 32.2. The number of anilines is 1. The van der Waals surface area contributed by atoms with Gasteiger partial charge in [0.05, 0.1) is 25.4 Å². The molecule has 1 N–H and O–H groups in total. The van der Waals surface area contributed by atoms with E-state index < -0.39 is 10.1 Å². The Kier molecular flexibility index (Phi) is 4.22. The van der Waals surface area contributed by atoms with Crippen molar-refractivity contribution in [3.63, 3.8) is 0 Å². The van der Waals surface area contributed by atoms with Crippen molar-refractivity contribution < 1.29 is 21.8 Å². The van der Waals surface area contributed by atoms with E-state index in [0.717, 1.165) is 11.8 Å². The molecule has 0 unspecified atom stereocenters. The maximum absolute atomic E-state index is 11.2. The Labute approximate surface area is 139 Å². The maximum atomic E-state index is 11.2. The molecule has 3 rings (SSSR count). The number of aromatic nitrogens is 1. The van der Waals surface area contributed by atoms with Crippen LogP contribution >= 0.6 is 0 Å². The van der Waals surface area contributed by atoms with Crippen LogP contribution in [0.15, 0.2) is 22.6 Å². The van der Waals surface area contributed by atoms with Crippen molar-refractivity contribution >= 4 is 33.1 Å². The predicted octanol–water partition coefficient (Wildman–Crippen LogP) is 1.19. The molecule has 9 heteroatoms. The number of benzene rings is 1. The number of hydrogen-bond acceptors (Lipinski definition) is 7. The third kappa shape index (κ3) is 3.68. The fourth-order valence-corrected chi connectivity index (χ4v) is 3.24. The largest absolute Gasteiger partial charge is 0.423 e. The number of hydrogen-bond donors (Lipinski definition) is 1. The Morgan fingerprint density at radius 1 is 1.46 bits per heavy atom. The second-order valence-electron chi connectivity index (χ2n) is 5.97. The summed E-state index contributed by atoms with van der Waals surface area (Å²) < 4.78 is 32.8. The molecular formula is C15H19N3O5S. The van der Waals surface area contributed by atoms with Gasteiger partial charge >= 0.3 is 0 Å². The van der Waals surface area contributed by atoms with Crippen molar-refractivity contribution in [1.29, 1.82) is 0 Å². The lowest BCUT2D eigenvalue weighted by atomic mass is 10.1. The first kappa shape index (κ1) is 16.7. The van der Waals surface area contributed by atoms with Crippen molar-refractivity contribution in [2.45, 2.75) is 26.0 Å². The number of carbonyl (C=O) groups is 1. The minimum Gasteiger partial charge on any atom is -0.423 e. The average Bonchev–Trinajstić information content (AvgIpc) is 2.82. The molecule has 0 bridgehead atoms. The highest BCUT2D eigenvalue weighted by Gasteiger charge is 2.33. The molecule has 1 amide bonds. The van der Waals surface area contributed by atoms with Gasteiger partial charge in [0.2, 0.25) is 5.91 Å². The highest BCUT2D eigenvalue weighted by molar-refractivity contribution is 7.86. The lowest BCUT2D eigenvalue weighted by molar-refractivity contribution is -0.119. The van der Waals surface area contributed by atoms with Gasteiger partial charge in [0.25, 0.3) is 16.1 Å². The molecule has 1 aliphatic rings. The van der Waals surface area contributed by atoms with E-state index in [1.807, 2.05) is 30.0 Å². The van der Waals surface area contributed by atoms with Crippen LogP contribution in [0.1, 0.15) is 25.5 Å². The molecule has 0 radical (unpaired) electrons. The minimum absolute atomic E-state index is 0.0987. The van der Waals surface area contributed by atoms with Gasteiger partial charge in [0.15, 0.2) is 5.58 Å². The summed E-state index contributed by atoms with van der Waals surface area (Å²) in [5, 5.41) is 2.82. The Bertz CT molecular complexity index is 870. The average molecular weight is 353 g/mol. The molecule has 1 aliphatic heterocycles. The van der Waals surface area contributed by atoms with Gasteiger partial charge in [-0.15, -0.1) is 0 Å². The van der Waals surface area contributed by atoms with Crippen LogP contribution in [0.5, 0.6) is 0 Å². The quantitative estimate of drug-likeness (QED) is 0.806. The van der Waals surface area contributed by atoms with Crippen LogP contribution in [0, 0.1) is 0 Å². The molecule has 2 heterocycles. The predicted molar refractivity (Wildman–Crippen MR) is 88.2 cm³/mol. The fraction of sp³-hybridized carbons (Fsp3) is 0.467. The summed E-state index contributed by atoms with van der Waals surface area (Å²) in [6, 6.07) is 5.87. The van der Waals surface area contributed by atoms with E-state index in [0.29, 0.717) is 30.2 Å². The van der Waals surface area contributed by atoms with Gasteiger partial charge in [-0.3, -0.25) is 8.98 Å². The summed E-state index contributed by atoms with van der Waals surface area (Å²) in [6.07, 6.45) is 0.665. The smallest absolute Gasteiger partial charge is 0.298 e. The molecule has 1 aromatic carbocycles. The Hall–Kier alpha value is -2.13. The number of nitrogens with one attached hydrogen (secondary N) is 1. The maximum Gasteiger partial charge on any atom is 0.298 e. The van der Waals surface area contributed by atoms with E-state index in [1.54, 1.807) is 0 Å². The van der Waals surface area contributed by atoms with Crippen LogP contribution in [0.3, 0.4) is 0 Å². The summed E-state index contributed by atoms with van der Waals surface area (Å²) in [5.41, 5.74) is 2.24. The SMILES string of the molecule is CC(=O)N[C@H](C)c1ccc2nc(N3CC(OS(C)(=O)=O)C3)oc2c1. The molecular weight excluding hydrogens is 334 g/mol. The fourth-order valence-electron chi connectivity index (χ4n) is 2.62. The highest BCUT2D eigenvalue weighted by Crippen LogP contribution is 2.28. The second kappa shape index (κ2) is 6.06. The van der Waals surface area contributed by atoms with E-state index in [2.05, 4.69) is 10.3 Å². The van der Waals surface area contributed by atoms with E-state index >= 15 is 0 Å². The third-order valence-corrected chi connectivity index (χ3v) is 4.37. The first-order chi connectivity index (χ1) is 11.2. The zero-order valence-corrected chi connectivity index (χ0v) is 14.5. The molecule has 1 aromatic heterocycles. The summed E-state index contributed by atoms with van der Waals surface area (Å²) in [6.45, 7) is 4.19. The van der Waals surface area contributed by atoms with Gasteiger partial charge in [-0.1, -0.05) is 6.07 Å². The monoisotopic (exact) mass is 353 g/mol. The van der Waals surface area contributed by atoms with Gasteiger partial charge in [0.1, 0.15) is 11.6 Å². The van der Waals surface area contributed by atoms with Crippen molar-refractivity contribution in [1.82, 2.24) is 10.3 Å². The number of fused-ring (bicyclic) bond motifs is 1. The van der Waals surface area contributed by atoms with E-state index in [1.165, 1.54) is 6.92 Å². The summed E-state index contributed by atoms with van der Waals surface area (Å²) in [4.78, 5) is 17.4. The summed E-state index contributed by atoms with van der Waals surface area (Å²) in [7, 11) is -3.45. The van der Waals surface area contributed by atoms with Crippen molar-refractivity contribution in [2.24, 2.45) is 0 Å². The molecule has 24 heavy (non-hydrogen) atoms. The summed E-state index contributed by atoms with van der Waals surface area (Å²) >= 11 is 0. The van der Waals surface area contributed by atoms with Crippen LogP contribution < -0.4 is 10.2 Å². The lowest BCUT2D eigenvalue weighted by Gasteiger charge is -2.36. The number of rotatable bonds is 5. The Balaban J connectivity index is 1.72. The van der Waals surface area contributed by atoms with Crippen LogP contribution in [-0.4, -0.2) is 44.8 Å². The van der Waals surface area contributed by atoms with E-state index in [4.69, 9.17) is 8.60 Å². The molecule has 0 saturated carbocycles. The van der Waals surface area contributed by atoms with Crippen LogP contribution in [0.4, 0.5) is 6.01 Å². The molecule has 1 fully saturated rings. The zero-order valence-electron chi connectivity index (χ0n) is 13.6. The topological polar surface area (TPSA) is 102 Å². The second-order valence-corrected chi connectivity index (χ2v) is 7.57. The number of amides is 1. The van der Waals surface area contributed by atoms with E-state index in [9.17, 15) is 13.2 Å². The van der Waals surface area contributed by atoms with Gasteiger partial charge in [0, 0.05) is 6.92 Å². The Morgan fingerprint density at radius 2 is 2.17 bits per heavy atom. The standard InChI is InChI=1S/C15H19N3O5S/c1-9(16-10(2)19)11-4-5-13-14(6-11)22-15(17-13)18-7-12(8-18)23-24(3,20)21/h4-6,9,12H,7-8H2,1-3H3,(H,16,19)/t9-/m1/s1. The zero-order chi connectivity index (χ0) is 17.5. The number of carbonyl (C=O) groups excluding carboxylic acids is 1. The molecule has 130 valence electrons. The number of oxazole rings is 1. The van der Waals surface area contributed by atoms with Crippen LogP contribution in [-0.2, 0) is 19.1 Å². The van der Waals surface area contributed by atoms with Gasteiger partial charge in [-0.05, 0) is 24.6 Å².